The molecule has 0 spiro atoms. The van der Waals surface area contributed by atoms with Crippen molar-refractivity contribution in [3.8, 4) is 0 Å². The molecule has 1 amide bonds. The first-order valence-electron chi connectivity index (χ1n) is 9.07. The standard InChI is InChI=1S/C20H28N4O/c1-20(19(25)22-11-8-18-14-21-16-23(18)2)9-12-24(13-10-20)15-17-6-4-3-5-7-17/h3-7,14,16H,8-13,15H2,1-2H3,(H,22,25). The lowest BCUT2D eigenvalue weighted by Gasteiger charge is -2.38. The van der Waals surface area contributed by atoms with Crippen LogP contribution in [0.4, 0.5) is 0 Å². The number of aromatic nitrogens is 2. The zero-order valence-corrected chi connectivity index (χ0v) is 15.2. The highest BCUT2D eigenvalue weighted by Gasteiger charge is 2.36. The van der Waals surface area contributed by atoms with Gasteiger partial charge in [0.05, 0.1) is 6.33 Å². The largest absolute Gasteiger partial charge is 0.355 e. The van der Waals surface area contributed by atoms with Crippen molar-refractivity contribution in [2.24, 2.45) is 12.5 Å². The van der Waals surface area contributed by atoms with Crippen LogP contribution in [0.5, 0.6) is 0 Å². The van der Waals surface area contributed by atoms with Gasteiger partial charge in [-0.25, -0.2) is 4.98 Å². The van der Waals surface area contributed by atoms with Crippen LogP contribution in [0.1, 0.15) is 31.0 Å². The van der Waals surface area contributed by atoms with E-state index in [-0.39, 0.29) is 11.3 Å². The molecule has 5 heteroatoms. The molecular weight excluding hydrogens is 312 g/mol. The smallest absolute Gasteiger partial charge is 0.226 e. The lowest BCUT2D eigenvalue weighted by molar-refractivity contribution is -0.132. The summed E-state index contributed by atoms with van der Waals surface area (Å²) in [6.45, 7) is 5.69. The van der Waals surface area contributed by atoms with Gasteiger partial charge < -0.3 is 9.88 Å². The predicted octanol–water partition coefficient (Wildman–Crippen LogP) is 2.38. The van der Waals surface area contributed by atoms with Crippen LogP contribution in [0, 0.1) is 5.41 Å². The van der Waals surface area contributed by atoms with E-state index < -0.39 is 0 Å². The van der Waals surface area contributed by atoms with Crippen LogP contribution < -0.4 is 5.32 Å². The molecular formula is C20H28N4O. The Hall–Kier alpha value is -2.14. The molecule has 1 aliphatic heterocycles. The fourth-order valence-electron chi connectivity index (χ4n) is 3.42. The van der Waals surface area contributed by atoms with Crippen molar-refractivity contribution in [2.75, 3.05) is 19.6 Å². The SMILES string of the molecule is Cn1cncc1CCNC(=O)C1(C)CCN(Cc2ccccc2)CC1. The minimum atomic E-state index is -0.250. The molecule has 1 aliphatic rings. The first-order chi connectivity index (χ1) is 12.1. The van der Waals surface area contributed by atoms with Gasteiger partial charge in [-0.2, -0.15) is 0 Å². The van der Waals surface area contributed by atoms with Crippen molar-refractivity contribution in [3.05, 3.63) is 54.1 Å². The number of imidazole rings is 1. The zero-order chi connectivity index (χ0) is 17.7. The van der Waals surface area contributed by atoms with Gasteiger partial charge in [-0.15, -0.1) is 0 Å². The molecule has 0 unspecified atom stereocenters. The van der Waals surface area contributed by atoms with Crippen LogP contribution in [-0.4, -0.2) is 40.0 Å². The number of nitrogens with zero attached hydrogens (tertiary/aromatic N) is 3. The average molecular weight is 340 g/mol. The molecule has 1 aromatic carbocycles. The number of nitrogens with one attached hydrogen (secondary N) is 1. The lowest BCUT2D eigenvalue weighted by Crippen LogP contribution is -2.47. The Kier molecular flexibility index (Phi) is 5.53. The van der Waals surface area contributed by atoms with Gasteiger partial charge in [0.15, 0.2) is 0 Å². The second-order valence-corrected chi connectivity index (χ2v) is 7.32. The van der Waals surface area contributed by atoms with Gasteiger partial charge in [0.2, 0.25) is 5.91 Å². The molecule has 1 N–H and O–H groups in total. The highest BCUT2D eigenvalue weighted by atomic mass is 16.2. The van der Waals surface area contributed by atoms with Gasteiger partial charge in [-0.3, -0.25) is 9.69 Å². The first-order valence-corrected chi connectivity index (χ1v) is 9.07. The van der Waals surface area contributed by atoms with Crippen molar-refractivity contribution in [1.29, 1.82) is 0 Å². The van der Waals surface area contributed by atoms with Gasteiger partial charge in [-0.1, -0.05) is 37.3 Å². The molecule has 5 nitrogen and oxygen atoms in total. The number of rotatable bonds is 6. The fourth-order valence-corrected chi connectivity index (χ4v) is 3.42. The van der Waals surface area contributed by atoms with Gasteiger partial charge in [0, 0.05) is 43.9 Å². The molecule has 25 heavy (non-hydrogen) atoms. The molecule has 3 rings (SSSR count). The number of benzene rings is 1. The number of aryl methyl sites for hydroxylation is 1. The molecule has 2 aromatic rings. The van der Waals surface area contributed by atoms with Crippen LogP contribution >= 0.6 is 0 Å². The third kappa shape index (κ3) is 4.48. The Morgan fingerprint density at radius 3 is 2.60 bits per heavy atom. The van der Waals surface area contributed by atoms with Crippen molar-refractivity contribution in [2.45, 2.75) is 32.7 Å². The maximum Gasteiger partial charge on any atom is 0.226 e. The number of hydrogen-bond donors (Lipinski definition) is 1. The zero-order valence-electron chi connectivity index (χ0n) is 15.2. The Bertz CT molecular complexity index is 687. The van der Waals surface area contributed by atoms with Crippen molar-refractivity contribution < 1.29 is 4.79 Å². The van der Waals surface area contributed by atoms with E-state index in [0.717, 1.165) is 44.6 Å². The number of amides is 1. The van der Waals surface area contributed by atoms with Crippen LogP contribution in [-0.2, 0) is 24.8 Å². The minimum absolute atomic E-state index is 0.189. The number of carbonyl (C=O) groups excluding carboxylic acids is 1. The molecule has 2 heterocycles. The third-order valence-corrected chi connectivity index (χ3v) is 5.34. The van der Waals surface area contributed by atoms with E-state index in [0.29, 0.717) is 6.54 Å². The highest BCUT2D eigenvalue weighted by molar-refractivity contribution is 5.82. The summed E-state index contributed by atoms with van der Waals surface area (Å²) in [7, 11) is 1.98. The maximum absolute atomic E-state index is 12.6. The predicted molar refractivity (Wildman–Crippen MR) is 99.0 cm³/mol. The molecule has 0 radical (unpaired) electrons. The van der Waals surface area contributed by atoms with Gasteiger partial charge >= 0.3 is 0 Å². The normalized spacial score (nSPS) is 17.4. The van der Waals surface area contributed by atoms with E-state index >= 15 is 0 Å². The average Bonchev–Trinajstić information content (AvgIpc) is 3.03. The Balaban J connectivity index is 1.45. The molecule has 0 bridgehead atoms. The highest BCUT2D eigenvalue weighted by Crippen LogP contribution is 2.31. The van der Waals surface area contributed by atoms with Gasteiger partial charge in [0.1, 0.15) is 0 Å². The quantitative estimate of drug-likeness (QED) is 0.878. The number of hydrogen-bond acceptors (Lipinski definition) is 3. The van der Waals surface area contributed by atoms with Crippen molar-refractivity contribution in [1.82, 2.24) is 19.8 Å². The fraction of sp³-hybridized carbons (Fsp3) is 0.500. The maximum atomic E-state index is 12.6. The monoisotopic (exact) mass is 340 g/mol. The van der Waals surface area contributed by atoms with Crippen LogP contribution in [0.15, 0.2) is 42.9 Å². The number of piperidine rings is 1. The molecule has 0 saturated carbocycles. The summed E-state index contributed by atoms with van der Waals surface area (Å²) >= 11 is 0. The third-order valence-electron chi connectivity index (χ3n) is 5.34. The van der Waals surface area contributed by atoms with Crippen LogP contribution in [0.3, 0.4) is 0 Å². The minimum Gasteiger partial charge on any atom is -0.355 e. The second kappa shape index (κ2) is 7.83. The van der Waals surface area contributed by atoms with Crippen LogP contribution in [0.2, 0.25) is 0 Å². The van der Waals surface area contributed by atoms with Crippen LogP contribution in [0.25, 0.3) is 0 Å². The molecule has 134 valence electrons. The van der Waals surface area contributed by atoms with E-state index in [9.17, 15) is 4.79 Å². The Labute approximate surface area is 150 Å². The summed E-state index contributed by atoms with van der Waals surface area (Å²) in [6.07, 6.45) is 6.30. The number of carbonyl (C=O) groups is 1. The van der Waals surface area contributed by atoms with Gasteiger partial charge in [-0.05, 0) is 31.5 Å². The summed E-state index contributed by atoms with van der Waals surface area (Å²) < 4.78 is 2.00. The molecule has 0 aliphatic carbocycles. The summed E-state index contributed by atoms with van der Waals surface area (Å²) in [4.78, 5) is 19.2. The summed E-state index contributed by atoms with van der Waals surface area (Å²) in [5, 5.41) is 3.12. The molecule has 1 fully saturated rings. The van der Waals surface area contributed by atoms with E-state index in [1.54, 1.807) is 6.33 Å². The summed E-state index contributed by atoms with van der Waals surface area (Å²) in [6, 6.07) is 10.5. The topological polar surface area (TPSA) is 50.2 Å². The second-order valence-electron chi connectivity index (χ2n) is 7.32. The van der Waals surface area contributed by atoms with Gasteiger partial charge in [0.25, 0.3) is 0 Å². The van der Waals surface area contributed by atoms with Crippen molar-refractivity contribution in [3.63, 3.8) is 0 Å². The lowest BCUT2D eigenvalue weighted by atomic mass is 9.79. The Morgan fingerprint density at radius 2 is 1.96 bits per heavy atom. The first kappa shape index (κ1) is 17.7. The Morgan fingerprint density at radius 1 is 1.24 bits per heavy atom. The number of likely N-dealkylation sites (tertiary alicyclic amines) is 1. The molecule has 1 saturated heterocycles. The molecule has 0 atom stereocenters. The summed E-state index contributed by atoms with van der Waals surface area (Å²) in [5.41, 5.74) is 2.23. The molecule has 1 aromatic heterocycles. The van der Waals surface area contributed by atoms with Crippen molar-refractivity contribution >= 4 is 5.91 Å². The van der Waals surface area contributed by atoms with E-state index in [2.05, 4.69) is 46.4 Å². The van der Waals surface area contributed by atoms with E-state index in [1.807, 2.05) is 23.9 Å². The van der Waals surface area contributed by atoms with E-state index in [4.69, 9.17) is 0 Å². The van der Waals surface area contributed by atoms with E-state index in [1.165, 1.54) is 5.56 Å². The summed E-state index contributed by atoms with van der Waals surface area (Å²) in [5.74, 6) is 0.189.